The van der Waals surface area contributed by atoms with Crippen molar-refractivity contribution in [2.75, 3.05) is 39.9 Å². The average molecular weight is 353 g/mol. The van der Waals surface area contributed by atoms with Crippen molar-refractivity contribution < 1.29 is 4.74 Å². The molecule has 1 aliphatic rings. The van der Waals surface area contributed by atoms with Crippen LogP contribution in [0.5, 0.6) is 0 Å². The third-order valence-electron chi connectivity index (χ3n) is 4.34. The maximum Gasteiger partial charge on any atom is 0.191 e. The Labute approximate surface area is 150 Å². The normalized spacial score (nSPS) is 17.8. The lowest BCUT2D eigenvalue weighted by atomic mass is 10.0. The lowest BCUT2D eigenvalue weighted by molar-refractivity contribution is 0.00752. The molecule has 134 valence electrons. The molecular formula is C18H29ClN4O. The van der Waals surface area contributed by atoms with Gasteiger partial charge in [-0.05, 0) is 23.6 Å². The molecule has 24 heavy (non-hydrogen) atoms. The first kappa shape index (κ1) is 19.0. The molecule has 0 aliphatic carbocycles. The molecule has 0 saturated carbocycles. The van der Waals surface area contributed by atoms with Gasteiger partial charge >= 0.3 is 0 Å². The van der Waals surface area contributed by atoms with E-state index >= 15 is 0 Å². The summed E-state index contributed by atoms with van der Waals surface area (Å²) in [5.41, 5.74) is 1.14. The minimum Gasteiger partial charge on any atom is -0.379 e. The number of guanidine groups is 1. The number of rotatable bonds is 6. The van der Waals surface area contributed by atoms with Crippen molar-refractivity contribution in [3.8, 4) is 0 Å². The van der Waals surface area contributed by atoms with E-state index in [9.17, 15) is 0 Å². The molecule has 0 bridgehead atoms. The maximum atomic E-state index is 6.03. The molecule has 0 spiro atoms. The molecular weight excluding hydrogens is 324 g/mol. The van der Waals surface area contributed by atoms with E-state index in [0.29, 0.717) is 18.5 Å². The monoisotopic (exact) mass is 352 g/mol. The summed E-state index contributed by atoms with van der Waals surface area (Å²) in [6.07, 6.45) is 0. The SMILES string of the molecule is CN=C(NCc1cccc(Cl)c1)NCC(C(C)C)N1CCOCC1. The van der Waals surface area contributed by atoms with E-state index in [1.54, 1.807) is 7.05 Å². The van der Waals surface area contributed by atoms with Gasteiger partial charge in [-0.3, -0.25) is 9.89 Å². The first-order chi connectivity index (χ1) is 11.6. The van der Waals surface area contributed by atoms with Crippen molar-refractivity contribution in [3.63, 3.8) is 0 Å². The molecule has 2 rings (SSSR count). The standard InChI is InChI=1S/C18H29ClN4O/c1-14(2)17(23-7-9-24-10-8-23)13-22-18(20-3)21-12-15-5-4-6-16(19)11-15/h4-6,11,14,17H,7-10,12-13H2,1-3H3,(H2,20,21,22). The van der Waals surface area contributed by atoms with Crippen LogP contribution in [0.4, 0.5) is 0 Å². The zero-order valence-corrected chi connectivity index (χ0v) is 15.6. The second-order valence-corrected chi connectivity index (χ2v) is 6.83. The number of aliphatic imine (C=N–C) groups is 1. The number of hydrogen-bond acceptors (Lipinski definition) is 3. The smallest absolute Gasteiger partial charge is 0.191 e. The van der Waals surface area contributed by atoms with E-state index in [2.05, 4.69) is 40.4 Å². The van der Waals surface area contributed by atoms with Crippen LogP contribution in [0.1, 0.15) is 19.4 Å². The summed E-state index contributed by atoms with van der Waals surface area (Å²) in [5.74, 6) is 1.38. The molecule has 1 atom stereocenters. The largest absolute Gasteiger partial charge is 0.379 e. The Kier molecular flexibility index (Phi) is 7.82. The highest BCUT2D eigenvalue weighted by atomic mass is 35.5. The maximum absolute atomic E-state index is 6.03. The van der Waals surface area contributed by atoms with Crippen molar-refractivity contribution in [1.29, 1.82) is 0 Å². The van der Waals surface area contributed by atoms with Gasteiger partial charge in [-0.15, -0.1) is 0 Å². The van der Waals surface area contributed by atoms with Crippen LogP contribution in [0.25, 0.3) is 0 Å². The summed E-state index contributed by atoms with van der Waals surface area (Å²) >= 11 is 6.03. The van der Waals surface area contributed by atoms with Crippen LogP contribution in [0.2, 0.25) is 5.02 Å². The second-order valence-electron chi connectivity index (χ2n) is 6.40. The molecule has 1 saturated heterocycles. The van der Waals surface area contributed by atoms with Gasteiger partial charge in [0, 0.05) is 44.3 Å². The Balaban J connectivity index is 1.84. The van der Waals surface area contributed by atoms with Gasteiger partial charge in [0.25, 0.3) is 0 Å². The van der Waals surface area contributed by atoms with Crippen LogP contribution in [0.15, 0.2) is 29.3 Å². The fraction of sp³-hybridized carbons (Fsp3) is 0.611. The zero-order chi connectivity index (χ0) is 17.4. The van der Waals surface area contributed by atoms with E-state index in [1.165, 1.54) is 0 Å². The quantitative estimate of drug-likeness (QED) is 0.609. The predicted octanol–water partition coefficient (Wildman–Crippen LogP) is 2.36. The number of morpholine rings is 1. The molecule has 1 fully saturated rings. The molecule has 0 aromatic heterocycles. The van der Waals surface area contributed by atoms with Gasteiger partial charge in [0.2, 0.25) is 0 Å². The summed E-state index contributed by atoms with van der Waals surface area (Å²) < 4.78 is 5.46. The Bertz CT molecular complexity index is 530. The Morgan fingerprint density at radius 3 is 2.67 bits per heavy atom. The van der Waals surface area contributed by atoms with Gasteiger partial charge in [0.15, 0.2) is 5.96 Å². The van der Waals surface area contributed by atoms with Gasteiger partial charge < -0.3 is 15.4 Å². The Morgan fingerprint density at radius 1 is 1.29 bits per heavy atom. The van der Waals surface area contributed by atoms with Crippen LogP contribution < -0.4 is 10.6 Å². The summed E-state index contributed by atoms with van der Waals surface area (Å²) in [4.78, 5) is 6.83. The number of hydrogen-bond donors (Lipinski definition) is 2. The summed E-state index contributed by atoms with van der Waals surface area (Å²) in [7, 11) is 1.80. The topological polar surface area (TPSA) is 48.9 Å². The molecule has 1 aliphatic heterocycles. The van der Waals surface area contributed by atoms with E-state index < -0.39 is 0 Å². The number of nitrogens with one attached hydrogen (secondary N) is 2. The molecule has 6 heteroatoms. The first-order valence-corrected chi connectivity index (χ1v) is 8.98. The number of ether oxygens (including phenoxy) is 1. The zero-order valence-electron chi connectivity index (χ0n) is 14.9. The molecule has 1 aromatic carbocycles. The molecule has 2 N–H and O–H groups in total. The first-order valence-electron chi connectivity index (χ1n) is 8.61. The van der Waals surface area contributed by atoms with Crippen LogP contribution >= 0.6 is 11.6 Å². The number of halogens is 1. The number of benzene rings is 1. The van der Waals surface area contributed by atoms with Crippen molar-refractivity contribution in [3.05, 3.63) is 34.9 Å². The molecule has 0 radical (unpaired) electrons. The van der Waals surface area contributed by atoms with Crippen LogP contribution in [-0.4, -0.2) is 56.8 Å². The molecule has 0 amide bonds. The molecule has 1 unspecified atom stereocenters. The van der Waals surface area contributed by atoms with Crippen LogP contribution in [0, 0.1) is 5.92 Å². The number of nitrogens with zero attached hydrogens (tertiary/aromatic N) is 2. The predicted molar refractivity (Wildman–Crippen MR) is 101 cm³/mol. The Morgan fingerprint density at radius 2 is 2.04 bits per heavy atom. The molecule has 1 aromatic rings. The fourth-order valence-corrected chi connectivity index (χ4v) is 3.16. The van der Waals surface area contributed by atoms with Gasteiger partial charge in [0.1, 0.15) is 0 Å². The van der Waals surface area contributed by atoms with E-state index in [-0.39, 0.29) is 0 Å². The highest BCUT2D eigenvalue weighted by Gasteiger charge is 2.23. The van der Waals surface area contributed by atoms with Crippen molar-refractivity contribution in [2.24, 2.45) is 10.9 Å². The van der Waals surface area contributed by atoms with Crippen LogP contribution in [0.3, 0.4) is 0 Å². The van der Waals surface area contributed by atoms with E-state index in [1.807, 2.05) is 18.2 Å². The lowest BCUT2D eigenvalue weighted by Gasteiger charge is -2.37. The van der Waals surface area contributed by atoms with Gasteiger partial charge in [0.05, 0.1) is 13.2 Å². The lowest BCUT2D eigenvalue weighted by Crippen LogP contribution is -2.52. The second kappa shape index (κ2) is 9.87. The van der Waals surface area contributed by atoms with Gasteiger partial charge in [-0.1, -0.05) is 37.6 Å². The van der Waals surface area contributed by atoms with Crippen molar-refractivity contribution >= 4 is 17.6 Å². The fourth-order valence-electron chi connectivity index (χ4n) is 2.95. The van der Waals surface area contributed by atoms with Gasteiger partial charge in [-0.2, -0.15) is 0 Å². The van der Waals surface area contributed by atoms with Crippen molar-refractivity contribution in [2.45, 2.75) is 26.4 Å². The van der Waals surface area contributed by atoms with E-state index in [4.69, 9.17) is 16.3 Å². The van der Waals surface area contributed by atoms with Crippen molar-refractivity contribution in [1.82, 2.24) is 15.5 Å². The summed E-state index contributed by atoms with van der Waals surface area (Å²) in [5, 5.41) is 7.56. The third-order valence-corrected chi connectivity index (χ3v) is 4.57. The van der Waals surface area contributed by atoms with Gasteiger partial charge in [-0.25, -0.2) is 0 Å². The van der Waals surface area contributed by atoms with E-state index in [0.717, 1.165) is 49.4 Å². The average Bonchev–Trinajstić information content (AvgIpc) is 2.58. The highest BCUT2D eigenvalue weighted by molar-refractivity contribution is 6.30. The Hall–Kier alpha value is -1.30. The molecule has 5 nitrogen and oxygen atoms in total. The van der Waals surface area contributed by atoms with Crippen LogP contribution in [-0.2, 0) is 11.3 Å². The third kappa shape index (κ3) is 5.96. The highest BCUT2D eigenvalue weighted by Crippen LogP contribution is 2.12. The minimum atomic E-state index is 0.471. The minimum absolute atomic E-state index is 0.471. The molecule has 1 heterocycles. The summed E-state index contributed by atoms with van der Waals surface area (Å²) in [6.45, 7) is 9.75. The summed E-state index contributed by atoms with van der Waals surface area (Å²) in [6, 6.07) is 8.33.